The van der Waals surface area contributed by atoms with Gasteiger partial charge in [0.05, 0.1) is 7.11 Å². The van der Waals surface area contributed by atoms with E-state index in [0.29, 0.717) is 23.0 Å². The van der Waals surface area contributed by atoms with E-state index in [9.17, 15) is 9.59 Å². The van der Waals surface area contributed by atoms with Crippen LogP contribution >= 0.6 is 11.3 Å². The fourth-order valence-electron chi connectivity index (χ4n) is 1.72. The maximum Gasteiger partial charge on any atom is 0.265 e. The third-order valence-electron chi connectivity index (χ3n) is 2.63. The number of amides is 2. The van der Waals surface area contributed by atoms with E-state index in [-0.39, 0.29) is 11.8 Å². The highest BCUT2D eigenvalue weighted by Crippen LogP contribution is 2.24. The Morgan fingerprint density at radius 1 is 1.42 bits per heavy atom. The molecule has 0 aliphatic carbocycles. The normalized spacial score (nSPS) is 12.1. The summed E-state index contributed by atoms with van der Waals surface area (Å²) in [6, 6.07) is 1.21. The number of hydrogen-bond donors (Lipinski definition) is 2. The number of carbonyl (C=O) groups excluding carboxylic acids is 2. The molecule has 1 aromatic heterocycles. The molecule has 6 heteroatoms. The van der Waals surface area contributed by atoms with Crippen LogP contribution in [0.25, 0.3) is 0 Å². The maximum absolute atomic E-state index is 12.1. The number of ether oxygens (including phenoxy) is 1. The summed E-state index contributed by atoms with van der Waals surface area (Å²) in [6.07, 6.45) is 0.596. The lowest BCUT2D eigenvalue weighted by molar-refractivity contribution is -0.122. The van der Waals surface area contributed by atoms with Crippen LogP contribution in [0.2, 0.25) is 0 Å². The highest BCUT2D eigenvalue weighted by atomic mass is 32.1. The van der Waals surface area contributed by atoms with Crippen LogP contribution in [-0.4, -0.2) is 32.0 Å². The van der Waals surface area contributed by atoms with Gasteiger partial charge in [0.1, 0.15) is 16.7 Å². The predicted octanol–water partition coefficient (Wildman–Crippen LogP) is 1.65. The summed E-state index contributed by atoms with van der Waals surface area (Å²) in [6.45, 7) is 4.02. The summed E-state index contributed by atoms with van der Waals surface area (Å²) in [5, 5.41) is 7.11. The predicted molar refractivity (Wildman–Crippen MR) is 75.6 cm³/mol. The van der Waals surface area contributed by atoms with E-state index in [1.54, 1.807) is 18.5 Å². The summed E-state index contributed by atoms with van der Waals surface area (Å²) in [5.41, 5.74) is 0. The molecule has 0 saturated heterocycles. The van der Waals surface area contributed by atoms with Crippen LogP contribution in [-0.2, 0) is 4.79 Å². The van der Waals surface area contributed by atoms with Crippen molar-refractivity contribution in [2.24, 2.45) is 5.92 Å². The summed E-state index contributed by atoms with van der Waals surface area (Å²) in [7, 11) is 3.08. The molecule has 0 radical (unpaired) electrons. The van der Waals surface area contributed by atoms with Gasteiger partial charge in [-0.1, -0.05) is 13.8 Å². The number of nitrogens with one attached hydrogen (secondary N) is 2. The zero-order valence-electron chi connectivity index (χ0n) is 11.6. The largest absolute Gasteiger partial charge is 0.495 e. The zero-order chi connectivity index (χ0) is 14.4. The first-order valence-electron chi connectivity index (χ1n) is 6.13. The molecule has 0 aromatic carbocycles. The molecular formula is C13H20N2O3S. The van der Waals surface area contributed by atoms with E-state index < -0.39 is 6.04 Å². The van der Waals surface area contributed by atoms with Crippen LogP contribution in [0.5, 0.6) is 5.75 Å². The van der Waals surface area contributed by atoms with Gasteiger partial charge in [-0.25, -0.2) is 0 Å². The highest BCUT2D eigenvalue weighted by Gasteiger charge is 2.23. The molecular weight excluding hydrogens is 264 g/mol. The monoisotopic (exact) mass is 284 g/mol. The lowest BCUT2D eigenvalue weighted by Crippen LogP contribution is -2.46. The Balaban J connectivity index is 2.78. The van der Waals surface area contributed by atoms with Crippen LogP contribution in [0.4, 0.5) is 0 Å². The Morgan fingerprint density at radius 2 is 2.11 bits per heavy atom. The van der Waals surface area contributed by atoms with Gasteiger partial charge >= 0.3 is 0 Å². The molecule has 0 fully saturated rings. The van der Waals surface area contributed by atoms with Gasteiger partial charge in [-0.2, -0.15) is 0 Å². The van der Waals surface area contributed by atoms with E-state index in [0.717, 1.165) is 0 Å². The average Bonchev–Trinajstić information content (AvgIpc) is 2.84. The molecule has 0 saturated carbocycles. The van der Waals surface area contributed by atoms with Crippen LogP contribution in [0.15, 0.2) is 11.4 Å². The fraction of sp³-hybridized carbons (Fsp3) is 0.538. The molecule has 2 amide bonds. The molecule has 0 aliphatic heterocycles. The van der Waals surface area contributed by atoms with Crippen molar-refractivity contribution < 1.29 is 14.3 Å². The van der Waals surface area contributed by atoms with Crippen molar-refractivity contribution in [3.63, 3.8) is 0 Å². The van der Waals surface area contributed by atoms with Gasteiger partial charge in [-0.3, -0.25) is 9.59 Å². The molecule has 19 heavy (non-hydrogen) atoms. The topological polar surface area (TPSA) is 67.4 Å². The molecule has 5 nitrogen and oxygen atoms in total. The van der Waals surface area contributed by atoms with Gasteiger partial charge in [0.25, 0.3) is 5.91 Å². The molecule has 0 spiro atoms. The molecule has 1 atom stereocenters. The smallest absolute Gasteiger partial charge is 0.265 e. The Bertz CT molecular complexity index is 443. The van der Waals surface area contributed by atoms with Crippen molar-refractivity contribution in [1.29, 1.82) is 0 Å². The minimum atomic E-state index is -0.524. The molecule has 0 aliphatic rings. The van der Waals surface area contributed by atoms with Gasteiger partial charge in [0.2, 0.25) is 5.91 Å². The highest BCUT2D eigenvalue weighted by molar-refractivity contribution is 7.12. The molecule has 2 N–H and O–H groups in total. The van der Waals surface area contributed by atoms with Gasteiger partial charge in [-0.15, -0.1) is 11.3 Å². The minimum absolute atomic E-state index is 0.183. The first-order chi connectivity index (χ1) is 8.99. The second kappa shape index (κ2) is 7.13. The van der Waals surface area contributed by atoms with Gasteiger partial charge in [-0.05, 0) is 23.8 Å². The van der Waals surface area contributed by atoms with E-state index in [1.165, 1.54) is 18.4 Å². The van der Waals surface area contributed by atoms with Gasteiger partial charge in [0.15, 0.2) is 0 Å². The Morgan fingerprint density at radius 3 is 2.63 bits per heavy atom. The first kappa shape index (κ1) is 15.5. The molecule has 1 unspecified atom stereocenters. The third-order valence-corrected chi connectivity index (χ3v) is 3.53. The number of methoxy groups -OCH3 is 1. The Hall–Kier alpha value is -1.56. The Labute approximate surface area is 117 Å². The second-order valence-corrected chi connectivity index (χ2v) is 5.50. The van der Waals surface area contributed by atoms with Crippen molar-refractivity contribution in [3.05, 3.63) is 16.3 Å². The summed E-state index contributed by atoms with van der Waals surface area (Å²) in [5.74, 6) is 0.384. The number of carbonyl (C=O) groups is 2. The molecule has 106 valence electrons. The van der Waals surface area contributed by atoms with E-state index in [1.807, 2.05) is 13.8 Å². The number of thiophene rings is 1. The number of rotatable bonds is 6. The number of hydrogen-bond acceptors (Lipinski definition) is 4. The Kier molecular flexibility index (Phi) is 5.82. The van der Waals surface area contributed by atoms with E-state index in [2.05, 4.69) is 10.6 Å². The van der Waals surface area contributed by atoms with Crippen LogP contribution in [0, 0.1) is 5.92 Å². The molecule has 1 rings (SSSR count). The van der Waals surface area contributed by atoms with E-state index in [4.69, 9.17) is 4.74 Å². The van der Waals surface area contributed by atoms with Crippen molar-refractivity contribution in [1.82, 2.24) is 10.6 Å². The van der Waals surface area contributed by atoms with Crippen LogP contribution < -0.4 is 15.4 Å². The molecule has 0 bridgehead atoms. The van der Waals surface area contributed by atoms with Crippen LogP contribution in [0.3, 0.4) is 0 Å². The maximum atomic E-state index is 12.1. The first-order valence-corrected chi connectivity index (χ1v) is 7.01. The van der Waals surface area contributed by atoms with E-state index >= 15 is 0 Å². The second-order valence-electron chi connectivity index (χ2n) is 4.59. The minimum Gasteiger partial charge on any atom is -0.495 e. The van der Waals surface area contributed by atoms with Crippen molar-refractivity contribution in [2.45, 2.75) is 26.3 Å². The lowest BCUT2D eigenvalue weighted by atomic mass is 10.0. The quantitative estimate of drug-likeness (QED) is 0.834. The molecule has 1 aromatic rings. The van der Waals surface area contributed by atoms with Gasteiger partial charge in [0, 0.05) is 7.05 Å². The van der Waals surface area contributed by atoms with Crippen LogP contribution in [0.1, 0.15) is 29.9 Å². The SMILES string of the molecule is CNC(=O)C(CC(C)C)NC(=O)c1sccc1OC. The third kappa shape index (κ3) is 4.24. The van der Waals surface area contributed by atoms with Crippen molar-refractivity contribution >= 4 is 23.2 Å². The molecule has 1 heterocycles. The zero-order valence-corrected chi connectivity index (χ0v) is 12.5. The summed E-state index contributed by atoms with van der Waals surface area (Å²) in [4.78, 5) is 24.4. The average molecular weight is 284 g/mol. The summed E-state index contributed by atoms with van der Waals surface area (Å²) < 4.78 is 5.10. The van der Waals surface area contributed by atoms with Crippen molar-refractivity contribution in [3.8, 4) is 5.75 Å². The number of likely N-dealkylation sites (N-methyl/N-ethyl adjacent to an activating group) is 1. The standard InChI is InChI=1S/C13H20N2O3S/c1-8(2)7-9(12(16)14-3)15-13(17)11-10(18-4)5-6-19-11/h5-6,8-9H,7H2,1-4H3,(H,14,16)(H,15,17). The summed E-state index contributed by atoms with van der Waals surface area (Å²) >= 11 is 1.29. The van der Waals surface area contributed by atoms with Gasteiger partial charge < -0.3 is 15.4 Å². The fourth-order valence-corrected chi connectivity index (χ4v) is 2.49. The van der Waals surface area contributed by atoms with Crippen molar-refractivity contribution in [2.75, 3.05) is 14.2 Å². The lowest BCUT2D eigenvalue weighted by Gasteiger charge is -2.19.